The van der Waals surface area contributed by atoms with Gasteiger partial charge in [-0.2, -0.15) is 0 Å². The monoisotopic (exact) mass is 287 g/mol. The molecule has 1 aromatic rings. The van der Waals surface area contributed by atoms with E-state index in [1.165, 1.54) is 40.8 Å². The Hall–Kier alpha value is 0.140. The molecule has 1 saturated carbocycles. The summed E-state index contributed by atoms with van der Waals surface area (Å²) in [6, 6.07) is 5.16. The molecule has 0 radical (unpaired) electrons. The first kappa shape index (κ1) is 11.6. The highest BCUT2D eigenvalue weighted by atomic mass is 79.9. The van der Waals surface area contributed by atoms with Crippen LogP contribution in [0.2, 0.25) is 0 Å². The molecule has 1 N–H and O–H groups in total. The van der Waals surface area contributed by atoms with Crippen LogP contribution in [-0.4, -0.2) is 13.1 Å². The number of halogens is 1. The van der Waals surface area contributed by atoms with Crippen molar-refractivity contribution in [3.63, 3.8) is 0 Å². The fraction of sp³-hybridized carbons (Fsp3) is 0.667. The lowest BCUT2D eigenvalue weighted by Gasteiger charge is -2.14. The van der Waals surface area contributed by atoms with Crippen molar-refractivity contribution in [3.8, 4) is 0 Å². The second kappa shape index (κ2) is 5.46. The van der Waals surface area contributed by atoms with Gasteiger partial charge in [-0.15, -0.1) is 11.3 Å². The van der Waals surface area contributed by atoms with Crippen molar-refractivity contribution < 1.29 is 0 Å². The molecule has 0 amide bonds. The highest BCUT2D eigenvalue weighted by Gasteiger charge is 2.29. The van der Waals surface area contributed by atoms with Crippen molar-refractivity contribution in [3.05, 3.63) is 20.8 Å². The van der Waals surface area contributed by atoms with E-state index >= 15 is 0 Å². The minimum absolute atomic E-state index is 0.772. The van der Waals surface area contributed by atoms with E-state index in [1.807, 2.05) is 11.3 Å². The summed E-state index contributed by atoms with van der Waals surface area (Å²) in [5, 5.41) is 3.45. The first-order valence-electron chi connectivity index (χ1n) is 5.71. The Balaban J connectivity index is 1.69. The molecular weight excluding hydrogens is 270 g/mol. The third-order valence-electron chi connectivity index (χ3n) is 3.13. The van der Waals surface area contributed by atoms with Gasteiger partial charge in [0, 0.05) is 10.9 Å². The third kappa shape index (κ3) is 3.58. The molecule has 1 nitrogen and oxygen atoms in total. The molecule has 1 heterocycles. The molecule has 0 bridgehead atoms. The van der Waals surface area contributed by atoms with E-state index < -0.39 is 0 Å². The average Bonchev–Trinajstić information content (AvgIpc) is 2.98. The molecule has 1 aliphatic rings. The van der Waals surface area contributed by atoms with Crippen LogP contribution in [0.4, 0.5) is 0 Å². The molecule has 1 aromatic heterocycles. The largest absolute Gasteiger partial charge is 0.317 e. The van der Waals surface area contributed by atoms with E-state index in [2.05, 4.69) is 40.4 Å². The highest BCUT2D eigenvalue weighted by molar-refractivity contribution is 9.11. The van der Waals surface area contributed by atoms with Crippen LogP contribution in [0.5, 0.6) is 0 Å². The molecule has 1 atom stereocenters. The number of rotatable bonds is 6. The summed E-state index contributed by atoms with van der Waals surface area (Å²) in [7, 11) is 2.10. The van der Waals surface area contributed by atoms with Gasteiger partial charge in [0.1, 0.15) is 0 Å². The predicted molar refractivity (Wildman–Crippen MR) is 70.5 cm³/mol. The maximum Gasteiger partial charge on any atom is 0.0701 e. The summed E-state index contributed by atoms with van der Waals surface area (Å²) in [6.07, 6.45) is 6.76. The fourth-order valence-electron chi connectivity index (χ4n) is 2.10. The Labute approximate surface area is 104 Å². The summed E-state index contributed by atoms with van der Waals surface area (Å²) >= 11 is 5.37. The molecule has 1 aliphatic carbocycles. The number of hydrogen-bond donors (Lipinski definition) is 1. The van der Waals surface area contributed by atoms with Gasteiger partial charge >= 0.3 is 0 Å². The number of hydrogen-bond acceptors (Lipinski definition) is 2. The van der Waals surface area contributed by atoms with Crippen LogP contribution >= 0.6 is 27.3 Å². The zero-order valence-corrected chi connectivity index (χ0v) is 11.5. The van der Waals surface area contributed by atoms with Crippen molar-refractivity contribution in [2.45, 2.75) is 38.1 Å². The second-order valence-electron chi connectivity index (χ2n) is 4.33. The van der Waals surface area contributed by atoms with Crippen LogP contribution in [0, 0.1) is 5.92 Å². The molecule has 1 unspecified atom stereocenters. The summed E-state index contributed by atoms with van der Waals surface area (Å²) in [5.41, 5.74) is 0. The van der Waals surface area contributed by atoms with E-state index in [4.69, 9.17) is 0 Å². The quantitative estimate of drug-likeness (QED) is 0.839. The van der Waals surface area contributed by atoms with E-state index in [0.717, 1.165) is 12.0 Å². The molecule has 3 heteroatoms. The SMILES string of the molecule is CNC(CCCc1ccc(Br)s1)C1CC1. The normalized spacial score (nSPS) is 18.0. The molecular formula is C12H18BrNS. The van der Waals surface area contributed by atoms with Crippen LogP contribution in [0.15, 0.2) is 15.9 Å². The number of aryl methyl sites for hydroxylation is 1. The molecule has 84 valence electrons. The number of thiophene rings is 1. The zero-order chi connectivity index (χ0) is 10.7. The minimum atomic E-state index is 0.772. The summed E-state index contributed by atoms with van der Waals surface area (Å²) < 4.78 is 1.25. The standard InChI is InChI=1S/C12H18BrNS/c1-14-11(9-5-6-9)4-2-3-10-7-8-12(13)15-10/h7-9,11,14H,2-6H2,1H3. The molecule has 0 spiro atoms. The van der Waals surface area contributed by atoms with Gasteiger partial charge in [-0.3, -0.25) is 0 Å². The molecule has 15 heavy (non-hydrogen) atoms. The molecule has 0 aliphatic heterocycles. The Morgan fingerprint density at radius 1 is 1.53 bits per heavy atom. The summed E-state index contributed by atoms with van der Waals surface area (Å²) in [5.74, 6) is 0.977. The van der Waals surface area contributed by atoms with E-state index in [-0.39, 0.29) is 0 Å². The van der Waals surface area contributed by atoms with Crippen LogP contribution in [0.25, 0.3) is 0 Å². The lowest BCUT2D eigenvalue weighted by atomic mass is 10.1. The number of nitrogens with one attached hydrogen (secondary N) is 1. The fourth-order valence-corrected chi connectivity index (χ4v) is 3.62. The van der Waals surface area contributed by atoms with E-state index in [1.54, 1.807) is 0 Å². The van der Waals surface area contributed by atoms with Gasteiger partial charge in [0.05, 0.1) is 3.79 Å². The van der Waals surface area contributed by atoms with Crippen LogP contribution in [-0.2, 0) is 6.42 Å². The van der Waals surface area contributed by atoms with Crippen molar-refractivity contribution >= 4 is 27.3 Å². The maximum absolute atomic E-state index is 3.51. The third-order valence-corrected chi connectivity index (χ3v) is 4.81. The minimum Gasteiger partial charge on any atom is -0.317 e. The highest BCUT2D eigenvalue weighted by Crippen LogP contribution is 2.34. The van der Waals surface area contributed by atoms with Gasteiger partial charge in [0.15, 0.2) is 0 Å². The van der Waals surface area contributed by atoms with Crippen molar-refractivity contribution in [1.29, 1.82) is 0 Å². The smallest absolute Gasteiger partial charge is 0.0701 e. The lowest BCUT2D eigenvalue weighted by molar-refractivity contribution is 0.457. The van der Waals surface area contributed by atoms with Gasteiger partial charge in [-0.25, -0.2) is 0 Å². The Morgan fingerprint density at radius 3 is 2.87 bits per heavy atom. The second-order valence-corrected chi connectivity index (χ2v) is 6.88. The molecule has 0 saturated heterocycles. The zero-order valence-electron chi connectivity index (χ0n) is 9.13. The Bertz CT molecular complexity index is 306. The van der Waals surface area contributed by atoms with Crippen molar-refractivity contribution in [2.24, 2.45) is 5.92 Å². The summed E-state index contributed by atoms with van der Waals surface area (Å²) in [6.45, 7) is 0. The average molecular weight is 288 g/mol. The Kier molecular flexibility index (Phi) is 4.23. The van der Waals surface area contributed by atoms with Gasteiger partial charge in [0.25, 0.3) is 0 Å². The topological polar surface area (TPSA) is 12.0 Å². The van der Waals surface area contributed by atoms with E-state index in [9.17, 15) is 0 Å². The maximum atomic E-state index is 3.51. The van der Waals surface area contributed by atoms with Crippen LogP contribution < -0.4 is 5.32 Å². The first-order valence-corrected chi connectivity index (χ1v) is 7.32. The lowest BCUT2D eigenvalue weighted by Crippen LogP contribution is -2.27. The predicted octanol–water partition coefficient (Wildman–Crippen LogP) is 3.83. The molecule has 1 fully saturated rings. The van der Waals surface area contributed by atoms with Crippen molar-refractivity contribution in [2.75, 3.05) is 7.05 Å². The van der Waals surface area contributed by atoms with Gasteiger partial charge < -0.3 is 5.32 Å². The van der Waals surface area contributed by atoms with E-state index in [0.29, 0.717) is 0 Å². The first-order chi connectivity index (χ1) is 7.29. The van der Waals surface area contributed by atoms with Gasteiger partial charge in [-0.1, -0.05) is 0 Å². The molecule has 0 aromatic carbocycles. The van der Waals surface area contributed by atoms with Gasteiger partial charge in [0.2, 0.25) is 0 Å². The van der Waals surface area contributed by atoms with Gasteiger partial charge in [-0.05, 0) is 73.1 Å². The van der Waals surface area contributed by atoms with Crippen molar-refractivity contribution in [1.82, 2.24) is 5.32 Å². The van der Waals surface area contributed by atoms with Crippen LogP contribution in [0.1, 0.15) is 30.6 Å². The summed E-state index contributed by atoms with van der Waals surface area (Å²) in [4.78, 5) is 1.51. The van der Waals surface area contributed by atoms with Crippen LogP contribution in [0.3, 0.4) is 0 Å². The Morgan fingerprint density at radius 2 is 2.33 bits per heavy atom. The molecule has 2 rings (SSSR count).